The quantitative estimate of drug-likeness (QED) is 0.729. The molecule has 1 fully saturated rings. The molecule has 0 spiro atoms. The topological polar surface area (TPSA) is 75.9 Å². The highest BCUT2D eigenvalue weighted by molar-refractivity contribution is 5.52. The average Bonchev–Trinajstić information content (AvgIpc) is 2.23. The molecule has 1 aromatic heterocycles. The number of anilines is 3. The van der Waals surface area contributed by atoms with Gasteiger partial charge in [0.15, 0.2) is 0 Å². The molecule has 0 amide bonds. The van der Waals surface area contributed by atoms with E-state index in [1.54, 1.807) is 0 Å². The molecule has 0 radical (unpaired) electrons. The van der Waals surface area contributed by atoms with Crippen molar-refractivity contribution >= 4 is 17.6 Å². The molecule has 0 saturated heterocycles. The molecule has 5 heteroatoms. The fraction of sp³-hybridized carbons (Fsp3) is 0.667. The summed E-state index contributed by atoms with van der Waals surface area (Å²) in [7, 11) is 0. The molecule has 94 valence electrons. The molecule has 1 aromatic rings. The minimum Gasteiger partial charge on any atom is -0.370 e. The summed E-state index contributed by atoms with van der Waals surface area (Å²) < 4.78 is 0. The van der Waals surface area contributed by atoms with E-state index in [0.717, 1.165) is 24.6 Å². The lowest BCUT2D eigenvalue weighted by molar-refractivity contribution is 0.306. The van der Waals surface area contributed by atoms with Crippen molar-refractivity contribution in [2.24, 2.45) is 0 Å². The molecule has 4 N–H and O–H groups in total. The van der Waals surface area contributed by atoms with Crippen LogP contribution in [0.3, 0.4) is 0 Å². The van der Waals surface area contributed by atoms with Crippen LogP contribution in [-0.2, 0) is 0 Å². The Bertz CT molecular complexity index is 386. The summed E-state index contributed by atoms with van der Waals surface area (Å²) in [6.45, 7) is 5.23. The van der Waals surface area contributed by atoms with Crippen molar-refractivity contribution in [1.29, 1.82) is 0 Å². The summed E-state index contributed by atoms with van der Waals surface area (Å²) in [5.74, 6) is 1.93. The third kappa shape index (κ3) is 2.99. The monoisotopic (exact) mass is 235 g/mol. The van der Waals surface area contributed by atoms with Gasteiger partial charge in [0.2, 0.25) is 5.95 Å². The number of nitrogen functional groups attached to an aromatic ring is 1. The van der Waals surface area contributed by atoms with Crippen molar-refractivity contribution in [2.75, 3.05) is 22.9 Å². The molecule has 0 aromatic carbocycles. The van der Waals surface area contributed by atoms with E-state index in [1.165, 1.54) is 19.3 Å². The van der Waals surface area contributed by atoms with Crippen LogP contribution < -0.4 is 16.4 Å². The number of nitrogens with two attached hydrogens (primary N) is 1. The van der Waals surface area contributed by atoms with Gasteiger partial charge in [-0.2, -0.15) is 9.97 Å². The van der Waals surface area contributed by atoms with Crippen molar-refractivity contribution in [3.8, 4) is 0 Å². The van der Waals surface area contributed by atoms with Gasteiger partial charge in [0.1, 0.15) is 11.6 Å². The number of rotatable bonds is 5. The van der Waals surface area contributed by atoms with Gasteiger partial charge in [0.25, 0.3) is 0 Å². The third-order valence-corrected chi connectivity index (χ3v) is 3.19. The first-order valence-electron chi connectivity index (χ1n) is 6.28. The predicted molar refractivity (Wildman–Crippen MR) is 71.1 cm³/mol. The van der Waals surface area contributed by atoms with Gasteiger partial charge in [-0.25, -0.2) is 0 Å². The van der Waals surface area contributed by atoms with Crippen molar-refractivity contribution in [1.82, 2.24) is 9.97 Å². The maximum absolute atomic E-state index is 5.71. The second-order valence-electron chi connectivity index (χ2n) is 4.96. The molecule has 1 aliphatic carbocycles. The number of hydrogen-bond acceptors (Lipinski definition) is 5. The van der Waals surface area contributed by atoms with Crippen molar-refractivity contribution in [3.05, 3.63) is 6.07 Å². The third-order valence-electron chi connectivity index (χ3n) is 3.19. The predicted octanol–water partition coefficient (Wildman–Crippen LogP) is 2.24. The maximum atomic E-state index is 5.71. The maximum Gasteiger partial charge on any atom is 0.223 e. The highest BCUT2D eigenvalue weighted by atomic mass is 15.1. The zero-order chi connectivity index (χ0) is 12.3. The first-order valence-corrected chi connectivity index (χ1v) is 6.28. The number of hydrogen-bond donors (Lipinski definition) is 3. The van der Waals surface area contributed by atoms with Crippen LogP contribution in [0.4, 0.5) is 17.6 Å². The Kier molecular flexibility index (Phi) is 3.36. The second-order valence-corrected chi connectivity index (χ2v) is 4.96. The largest absolute Gasteiger partial charge is 0.370 e. The number of aromatic nitrogens is 2. The lowest BCUT2D eigenvalue weighted by Crippen LogP contribution is -2.41. The summed E-state index contributed by atoms with van der Waals surface area (Å²) in [5, 5.41) is 6.67. The average molecular weight is 235 g/mol. The molecule has 2 rings (SSSR count). The molecule has 1 saturated carbocycles. The van der Waals surface area contributed by atoms with Crippen LogP contribution in [0.1, 0.15) is 39.5 Å². The summed E-state index contributed by atoms with van der Waals surface area (Å²) in [5.41, 5.74) is 5.89. The Morgan fingerprint density at radius 2 is 2.06 bits per heavy atom. The fourth-order valence-corrected chi connectivity index (χ4v) is 2.01. The molecule has 5 nitrogen and oxygen atoms in total. The molecule has 0 aliphatic heterocycles. The zero-order valence-corrected chi connectivity index (χ0v) is 10.6. The number of nitrogens with zero attached hydrogens (tertiary/aromatic N) is 2. The lowest BCUT2D eigenvalue weighted by atomic mass is 9.78. The first-order chi connectivity index (χ1) is 8.11. The van der Waals surface area contributed by atoms with E-state index in [2.05, 4.69) is 34.4 Å². The van der Waals surface area contributed by atoms with Crippen molar-refractivity contribution < 1.29 is 0 Å². The van der Waals surface area contributed by atoms with E-state index in [-0.39, 0.29) is 5.54 Å². The van der Waals surface area contributed by atoms with Gasteiger partial charge >= 0.3 is 0 Å². The van der Waals surface area contributed by atoms with Gasteiger partial charge < -0.3 is 16.4 Å². The molecule has 1 aliphatic rings. The van der Waals surface area contributed by atoms with E-state index in [0.29, 0.717) is 5.95 Å². The van der Waals surface area contributed by atoms with Crippen LogP contribution in [0.2, 0.25) is 0 Å². The van der Waals surface area contributed by atoms with Crippen molar-refractivity contribution in [3.63, 3.8) is 0 Å². The smallest absolute Gasteiger partial charge is 0.223 e. The van der Waals surface area contributed by atoms with E-state index in [4.69, 9.17) is 5.73 Å². The minimum absolute atomic E-state index is 0.183. The van der Waals surface area contributed by atoms with Gasteiger partial charge in [0.05, 0.1) is 0 Å². The molecule has 17 heavy (non-hydrogen) atoms. The minimum atomic E-state index is 0.183. The molecular formula is C12H21N5. The van der Waals surface area contributed by atoms with Crippen LogP contribution in [0.5, 0.6) is 0 Å². The van der Waals surface area contributed by atoms with Crippen molar-refractivity contribution in [2.45, 2.75) is 45.1 Å². The summed E-state index contributed by atoms with van der Waals surface area (Å²) in [6.07, 6.45) is 4.72. The molecule has 0 atom stereocenters. The SMILES string of the molecule is CCCNc1cc(NC2(C)CCC2)nc(N)n1. The Balaban J connectivity index is 2.08. The lowest BCUT2D eigenvalue weighted by Gasteiger charge is -2.39. The zero-order valence-electron chi connectivity index (χ0n) is 10.6. The number of nitrogens with one attached hydrogen (secondary N) is 2. The van der Waals surface area contributed by atoms with E-state index >= 15 is 0 Å². The van der Waals surface area contributed by atoms with Crippen LogP contribution in [-0.4, -0.2) is 22.1 Å². The molecule has 0 unspecified atom stereocenters. The van der Waals surface area contributed by atoms with E-state index < -0.39 is 0 Å². The van der Waals surface area contributed by atoms with Gasteiger partial charge in [-0.3, -0.25) is 0 Å². The van der Waals surface area contributed by atoms with E-state index in [1.807, 2.05) is 6.07 Å². The Morgan fingerprint density at radius 1 is 1.35 bits per heavy atom. The van der Waals surface area contributed by atoms with Crippen LogP contribution in [0.15, 0.2) is 6.07 Å². The fourth-order valence-electron chi connectivity index (χ4n) is 2.01. The van der Waals surface area contributed by atoms with Gasteiger partial charge in [-0.1, -0.05) is 6.92 Å². The molecule has 0 bridgehead atoms. The van der Waals surface area contributed by atoms with Gasteiger partial charge in [0, 0.05) is 18.2 Å². The van der Waals surface area contributed by atoms with Gasteiger partial charge in [-0.05, 0) is 32.6 Å². The van der Waals surface area contributed by atoms with Gasteiger partial charge in [-0.15, -0.1) is 0 Å². The van der Waals surface area contributed by atoms with Crippen LogP contribution >= 0.6 is 0 Å². The second kappa shape index (κ2) is 4.77. The highest BCUT2D eigenvalue weighted by Crippen LogP contribution is 2.34. The Morgan fingerprint density at radius 3 is 2.65 bits per heavy atom. The standard InChI is InChI=1S/C12H21N5/c1-3-7-14-9-8-10(16-11(13)15-9)17-12(2)5-4-6-12/h8H,3-7H2,1-2H3,(H4,13,14,15,16,17). The summed E-state index contributed by atoms with van der Waals surface area (Å²) in [4.78, 5) is 8.39. The normalized spacial score (nSPS) is 17.3. The van der Waals surface area contributed by atoms with Crippen LogP contribution in [0.25, 0.3) is 0 Å². The highest BCUT2D eigenvalue weighted by Gasteiger charge is 2.31. The summed E-state index contributed by atoms with van der Waals surface area (Å²) >= 11 is 0. The summed E-state index contributed by atoms with van der Waals surface area (Å²) in [6, 6.07) is 1.93. The molecule has 1 heterocycles. The van der Waals surface area contributed by atoms with Crippen LogP contribution in [0, 0.1) is 0 Å². The molecular weight excluding hydrogens is 214 g/mol. The van der Waals surface area contributed by atoms with E-state index in [9.17, 15) is 0 Å². The Hall–Kier alpha value is -1.52. The first kappa shape index (κ1) is 12.0. The Labute approximate surface area is 102 Å².